The van der Waals surface area contributed by atoms with Gasteiger partial charge in [0.1, 0.15) is 0 Å². The van der Waals surface area contributed by atoms with Crippen LogP contribution in [-0.4, -0.2) is 22.4 Å². The molecule has 1 aromatic heterocycles. The zero-order chi connectivity index (χ0) is 18.5. The molecule has 7 heteroatoms. The Labute approximate surface area is 154 Å². The number of H-pyrrole nitrogens is 1. The fraction of sp³-hybridized carbons (Fsp3) is 0.105. The molecular weight excluding hydrogens is 354 g/mol. The molecule has 6 nitrogen and oxygen atoms in total. The second-order valence-electron chi connectivity index (χ2n) is 5.69. The highest BCUT2D eigenvalue weighted by atomic mass is 35.5. The fourth-order valence-electron chi connectivity index (χ4n) is 2.70. The van der Waals surface area contributed by atoms with Crippen LogP contribution >= 0.6 is 11.6 Å². The van der Waals surface area contributed by atoms with Crippen LogP contribution in [0.2, 0.25) is 5.02 Å². The van der Waals surface area contributed by atoms with Crippen LogP contribution in [0.15, 0.2) is 54.7 Å². The SMILES string of the molecule is O=C(/C=C/c1ccccc1[N+](=O)[O-])NCCc1c[nH]c2ccc(Cl)cc12. The van der Waals surface area contributed by atoms with E-state index in [0.29, 0.717) is 23.6 Å². The van der Waals surface area contributed by atoms with Gasteiger partial charge < -0.3 is 10.3 Å². The lowest BCUT2D eigenvalue weighted by molar-refractivity contribution is -0.385. The first kappa shape index (κ1) is 17.7. The molecule has 132 valence electrons. The van der Waals surface area contributed by atoms with Crippen LogP contribution in [0, 0.1) is 10.1 Å². The van der Waals surface area contributed by atoms with Crippen LogP contribution in [-0.2, 0) is 11.2 Å². The van der Waals surface area contributed by atoms with Gasteiger partial charge in [-0.2, -0.15) is 0 Å². The maximum atomic E-state index is 11.9. The van der Waals surface area contributed by atoms with Crippen LogP contribution in [0.3, 0.4) is 0 Å². The van der Waals surface area contributed by atoms with E-state index in [1.165, 1.54) is 18.2 Å². The average molecular weight is 370 g/mol. The van der Waals surface area contributed by atoms with Crippen LogP contribution in [0.5, 0.6) is 0 Å². The molecule has 0 spiro atoms. The highest BCUT2D eigenvalue weighted by Gasteiger charge is 2.10. The number of carbonyl (C=O) groups excluding carboxylic acids is 1. The maximum absolute atomic E-state index is 11.9. The number of nitrogens with zero attached hydrogens (tertiary/aromatic N) is 1. The van der Waals surface area contributed by atoms with E-state index in [1.807, 2.05) is 24.4 Å². The minimum atomic E-state index is -0.472. The summed E-state index contributed by atoms with van der Waals surface area (Å²) in [5.74, 6) is -0.305. The number of nitro benzene ring substituents is 1. The minimum absolute atomic E-state index is 0.0350. The van der Waals surface area contributed by atoms with Gasteiger partial charge in [-0.15, -0.1) is 0 Å². The quantitative estimate of drug-likeness (QED) is 0.389. The smallest absolute Gasteiger partial charge is 0.276 e. The molecule has 1 amide bonds. The monoisotopic (exact) mass is 369 g/mol. The number of hydrogen-bond donors (Lipinski definition) is 2. The third-order valence-corrected chi connectivity index (χ3v) is 4.21. The van der Waals surface area contributed by atoms with Crippen molar-refractivity contribution in [3.8, 4) is 0 Å². The largest absolute Gasteiger partial charge is 0.361 e. The third kappa shape index (κ3) is 4.10. The predicted octanol–water partition coefficient (Wildman–Crippen LogP) is 4.10. The lowest BCUT2D eigenvalue weighted by Crippen LogP contribution is -2.23. The third-order valence-electron chi connectivity index (χ3n) is 3.97. The van der Waals surface area contributed by atoms with Gasteiger partial charge in [0.25, 0.3) is 5.69 Å². The summed E-state index contributed by atoms with van der Waals surface area (Å²) in [5, 5.41) is 15.4. The fourth-order valence-corrected chi connectivity index (χ4v) is 2.87. The number of aromatic nitrogens is 1. The topological polar surface area (TPSA) is 88.0 Å². The van der Waals surface area contributed by atoms with Crippen molar-refractivity contribution >= 4 is 40.2 Å². The van der Waals surface area contributed by atoms with Crippen LogP contribution in [0.25, 0.3) is 17.0 Å². The number of hydrogen-bond acceptors (Lipinski definition) is 3. The highest BCUT2D eigenvalue weighted by molar-refractivity contribution is 6.31. The Morgan fingerprint density at radius 2 is 2.08 bits per heavy atom. The van der Waals surface area contributed by atoms with Gasteiger partial charge in [-0.1, -0.05) is 23.7 Å². The minimum Gasteiger partial charge on any atom is -0.361 e. The molecule has 0 atom stereocenters. The summed E-state index contributed by atoms with van der Waals surface area (Å²) in [6.07, 6.45) is 5.29. The molecule has 0 aliphatic heterocycles. The van der Waals surface area contributed by atoms with E-state index in [0.717, 1.165) is 16.5 Å². The second-order valence-corrected chi connectivity index (χ2v) is 6.13. The van der Waals surface area contributed by atoms with Crippen molar-refractivity contribution < 1.29 is 9.72 Å². The van der Waals surface area contributed by atoms with E-state index in [-0.39, 0.29) is 11.6 Å². The first-order valence-electron chi connectivity index (χ1n) is 7.99. The van der Waals surface area contributed by atoms with E-state index in [1.54, 1.807) is 18.2 Å². The summed E-state index contributed by atoms with van der Waals surface area (Å²) in [7, 11) is 0. The zero-order valence-electron chi connectivity index (χ0n) is 13.7. The molecule has 0 saturated heterocycles. The Balaban J connectivity index is 1.59. The van der Waals surface area contributed by atoms with Gasteiger partial charge in [-0.25, -0.2) is 0 Å². The number of carbonyl (C=O) groups is 1. The molecule has 0 aliphatic carbocycles. The Hall–Kier alpha value is -3.12. The lowest BCUT2D eigenvalue weighted by atomic mass is 10.1. The number of nitro groups is 1. The number of para-hydroxylation sites is 1. The molecule has 2 N–H and O–H groups in total. The van der Waals surface area contributed by atoms with Gasteiger partial charge in [0.2, 0.25) is 5.91 Å². The summed E-state index contributed by atoms with van der Waals surface area (Å²) in [5.41, 5.74) is 2.41. The van der Waals surface area contributed by atoms with Crippen molar-refractivity contribution in [1.29, 1.82) is 0 Å². The maximum Gasteiger partial charge on any atom is 0.276 e. The predicted molar refractivity (Wildman–Crippen MR) is 102 cm³/mol. The number of fused-ring (bicyclic) bond motifs is 1. The molecule has 0 fully saturated rings. The first-order valence-corrected chi connectivity index (χ1v) is 8.37. The number of aromatic amines is 1. The Morgan fingerprint density at radius 3 is 2.88 bits per heavy atom. The van der Waals surface area contributed by atoms with Crippen LogP contribution in [0.1, 0.15) is 11.1 Å². The normalized spacial score (nSPS) is 11.1. The van der Waals surface area contributed by atoms with Gasteiger partial charge in [0, 0.05) is 40.8 Å². The molecule has 0 radical (unpaired) electrons. The number of halogens is 1. The summed E-state index contributed by atoms with van der Waals surface area (Å²) in [6.45, 7) is 0.444. The Morgan fingerprint density at radius 1 is 1.27 bits per heavy atom. The van der Waals surface area contributed by atoms with Crippen LogP contribution in [0.4, 0.5) is 5.69 Å². The van der Waals surface area contributed by atoms with E-state index in [4.69, 9.17) is 11.6 Å². The summed E-state index contributed by atoms with van der Waals surface area (Å²) < 4.78 is 0. The molecule has 3 aromatic rings. The zero-order valence-corrected chi connectivity index (χ0v) is 14.5. The van der Waals surface area contributed by atoms with Gasteiger partial charge in [0.15, 0.2) is 0 Å². The van der Waals surface area contributed by atoms with Crippen molar-refractivity contribution in [1.82, 2.24) is 10.3 Å². The molecule has 3 rings (SSSR count). The Kier molecular flexibility index (Phi) is 5.34. The molecule has 1 heterocycles. The number of nitrogens with one attached hydrogen (secondary N) is 2. The number of amides is 1. The summed E-state index contributed by atoms with van der Waals surface area (Å²) in [6, 6.07) is 11.9. The average Bonchev–Trinajstić information content (AvgIpc) is 3.02. The van der Waals surface area contributed by atoms with E-state index in [2.05, 4.69) is 10.3 Å². The second kappa shape index (κ2) is 7.84. The van der Waals surface area contributed by atoms with Gasteiger partial charge in [-0.05, 0) is 42.3 Å². The van der Waals surface area contributed by atoms with Crippen molar-refractivity contribution in [3.05, 3.63) is 81.0 Å². The number of rotatable bonds is 6. The Bertz CT molecular complexity index is 995. The number of benzene rings is 2. The van der Waals surface area contributed by atoms with Crippen molar-refractivity contribution in [2.75, 3.05) is 6.54 Å². The van der Waals surface area contributed by atoms with Crippen LogP contribution < -0.4 is 5.32 Å². The van der Waals surface area contributed by atoms with E-state index in [9.17, 15) is 14.9 Å². The molecule has 0 saturated carbocycles. The first-order chi connectivity index (χ1) is 12.5. The highest BCUT2D eigenvalue weighted by Crippen LogP contribution is 2.22. The van der Waals surface area contributed by atoms with Gasteiger partial charge >= 0.3 is 0 Å². The standard InChI is InChI=1S/C19H16ClN3O3/c20-15-6-7-17-16(11-15)14(12-22-17)9-10-21-19(24)8-5-13-3-1-2-4-18(13)23(25)26/h1-8,11-12,22H,9-10H2,(H,21,24)/b8-5+. The molecular formula is C19H16ClN3O3. The molecule has 0 aliphatic rings. The van der Waals surface area contributed by atoms with E-state index < -0.39 is 4.92 Å². The van der Waals surface area contributed by atoms with Crippen molar-refractivity contribution in [2.24, 2.45) is 0 Å². The van der Waals surface area contributed by atoms with Gasteiger partial charge in [-0.3, -0.25) is 14.9 Å². The van der Waals surface area contributed by atoms with Gasteiger partial charge in [0.05, 0.1) is 10.5 Å². The summed E-state index contributed by atoms with van der Waals surface area (Å²) >= 11 is 6.03. The molecule has 0 bridgehead atoms. The van der Waals surface area contributed by atoms with Crippen molar-refractivity contribution in [2.45, 2.75) is 6.42 Å². The van der Waals surface area contributed by atoms with E-state index >= 15 is 0 Å². The molecule has 0 unspecified atom stereocenters. The molecule has 26 heavy (non-hydrogen) atoms. The molecule has 2 aromatic carbocycles. The lowest BCUT2D eigenvalue weighted by Gasteiger charge is -2.02. The summed E-state index contributed by atoms with van der Waals surface area (Å²) in [4.78, 5) is 25.6. The van der Waals surface area contributed by atoms with Crippen molar-refractivity contribution in [3.63, 3.8) is 0 Å².